The Morgan fingerprint density at radius 2 is 1.63 bits per heavy atom. The lowest BCUT2D eigenvalue weighted by atomic mass is 9.69. The lowest BCUT2D eigenvalue weighted by Gasteiger charge is -2.48. The largest absolute Gasteiger partial charge is 0.416 e. The van der Waals surface area contributed by atoms with Crippen molar-refractivity contribution in [3.63, 3.8) is 0 Å². The van der Waals surface area contributed by atoms with Crippen LogP contribution >= 0.6 is 0 Å². The topological polar surface area (TPSA) is 35.6 Å². The van der Waals surface area contributed by atoms with Crippen LogP contribution in [0.5, 0.6) is 0 Å². The van der Waals surface area contributed by atoms with Gasteiger partial charge in [-0.2, -0.15) is 13.2 Å². The van der Waals surface area contributed by atoms with Gasteiger partial charge in [-0.25, -0.2) is 4.79 Å². The molecule has 0 atom stereocenters. The number of anilines is 1. The highest BCUT2D eigenvalue weighted by Gasteiger charge is 2.50. The first kappa shape index (κ1) is 20.7. The molecule has 1 heterocycles. The molecule has 7 heteroatoms. The Balaban J connectivity index is 1.55. The van der Waals surface area contributed by atoms with E-state index in [1.165, 1.54) is 16.5 Å². The molecule has 0 unspecified atom stereocenters. The Bertz CT molecular complexity index is 919. The number of carbonyl (C=O) groups excluding carboxylic acids is 1. The second-order valence-electron chi connectivity index (χ2n) is 8.64. The maximum absolute atomic E-state index is 13.1. The van der Waals surface area contributed by atoms with E-state index in [1.807, 2.05) is 18.2 Å². The molecule has 1 aliphatic heterocycles. The number of benzene rings is 2. The number of alkyl halides is 3. The van der Waals surface area contributed by atoms with Gasteiger partial charge in [-0.05, 0) is 63.5 Å². The van der Waals surface area contributed by atoms with E-state index in [4.69, 9.17) is 0 Å². The van der Waals surface area contributed by atoms with E-state index >= 15 is 0 Å². The van der Waals surface area contributed by atoms with Crippen molar-refractivity contribution >= 4 is 11.7 Å². The minimum atomic E-state index is -4.43. The third-order valence-corrected chi connectivity index (χ3v) is 6.76. The van der Waals surface area contributed by atoms with Gasteiger partial charge in [-0.1, -0.05) is 36.4 Å². The van der Waals surface area contributed by atoms with E-state index in [-0.39, 0.29) is 17.3 Å². The van der Waals surface area contributed by atoms with Crippen molar-refractivity contribution < 1.29 is 18.0 Å². The molecule has 160 valence electrons. The fourth-order valence-electron chi connectivity index (χ4n) is 4.93. The first-order chi connectivity index (χ1) is 14.2. The third-order valence-electron chi connectivity index (χ3n) is 6.76. The summed E-state index contributed by atoms with van der Waals surface area (Å²) in [6.45, 7) is 0.380. The maximum Gasteiger partial charge on any atom is 0.416 e. The molecule has 1 saturated heterocycles. The molecule has 2 aromatic carbocycles. The van der Waals surface area contributed by atoms with Crippen molar-refractivity contribution in [2.75, 3.05) is 25.5 Å². The van der Waals surface area contributed by atoms with Gasteiger partial charge >= 0.3 is 12.2 Å². The number of hydrogen-bond donors (Lipinski definition) is 1. The molecule has 1 spiro atoms. The van der Waals surface area contributed by atoms with Crippen LogP contribution in [0.4, 0.5) is 23.7 Å². The molecule has 4 nitrogen and oxygen atoms in total. The Morgan fingerprint density at radius 3 is 2.23 bits per heavy atom. The number of carbonyl (C=O) groups is 1. The summed E-state index contributed by atoms with van der Waals surface area (Å²) >= 11 is 0. The molecule has 1 aliphatic carbocycles. The number of nitrogens with zero attached hydrogens (tertiary/aromatic N) is 2. The summed E-state index contributed by atoms with van der Waals surface area (Å²) in [5, 5.41) is 3.09. The van der Waals surface area contributed by atoms with Crippen LogP contribution in [0.1, 0.15) is 36.8 Å². The summed E-state index contributed by atoms with van der Waals surface area (Å²) in [7, 11) is 4.15. The zero-order chi connectivity index (χ0) is 21.6. The Morgan fingerprint density at radius 1 is 0.967 bits per heavy atom. The molecule has 1 saturated carbocycles. The van der Waals surface area contributed by atoms with E-state index in [2.05, 4.69) is 36.4 Å². The minimum Gasteiger partial charge on any atom is -0.330 e. The van der Waals surface area contributed by atoms with Crippen molar-refractivity contribution in [3.05, 3.63) is 65.7 Å². The number of urea groups is 1. The molecule has 1 N–H and O–H groups in total. The summed E-state index contributed by atoms with van der Waals surface area (Å²) in [6, 6.07) is 15.0. The molecular weight excluding hydrogens is 391 g/mol. The Labute approximate surface area is 174 Å². The molecule has 2 amide bonds. The zero-order valence-electron chi connectivity index (χ0n) is 17.2. The van der Waals surface area contributed by atoms with Gasteiger partial charge in [0.15, 0.2) is 0 Å². The first-order valence-corrected chi connectivity index (χ1v) is 10.2. The van der Waals surface area contributed by atoms with Crippen molar-refractivity contribution in [1.82, 2.24) is 10.2 Å². The molecule has 2 aromatic rings. The van der Waals surface area contributed by atoms with Crippen LogP contribution in [-0.4, -0.2) is 37.1 Å². The third kappa shape index (κ3) is 3.55. The summed E-state index contributed by atoms with van der Waals surface area (Å²) in [4.78, 5) is 16.4. The highest BCUT2D eigenvalue weighted by atomic mass is 19.4. The Kier molecular flexibility index (Phi) is 5.04. The highest BCUT2D eigenvalue weighted by Crippen LogP contribution is 2.46. The smallest absolute Gasteiger partial charge is 0.330 e. The monoisotopic (exact) mass is 417 g/mol. The number of amides is 2. The fourth-order valence-corrected chi connectivity index (χ4v) is 4.93. The maximum atomic E-state index is 13.1. The van der Waals surface area contributed by atoms with Crippen LogP contribution in [0.3, 0.4) is 0 Å². The molecule has 0 bridgehead atoms. The van der Waals surface area contributed by atoms with Crippen LogP contribution in [0, 0.1) is 0 Å². The molecule has 0 aromatic heterocycles. The summed E-state index contributed by atoms with van der Waals surface area (Å²) in [6.07, 6.45) is -1.18. The van der Waals surface area contributed by atoms with Gasteiger partial charge in [0.25, 0.3) is 0 Å². The average Bonchev–Trinajstić information content (AvgIpc) is 3.04. The van der Waals surface area contributed by atoms with E-state index in [9.17, 15) is 18.0 Å². The van der Waals surface area contributed by atoms with Gasteiger partial charge in [0.05, 0.1) is 17.6 Å². The van der Waals surface area contributed by atoms with E-state index < -0.39 is 17.3 Å². The summed E-state index contributed by atoms with van der Waals surface area (Å²) < 4.78 is 39.3. The Hall–Kier alpha value is -2.54. The van der Waals surface area contributed by atoms with E-state index in [0.717, 1.165) is 37.8 Å². The van der Waals surface area contributed by atoms with Gasteiger partial charge in [0.2, 0.25) is 0 Å². The molecule has 2 fully saturated rings. The second kappa shape index (κ2) is 7.30. The molecular formula is C23H26F3N3O. The lowest BCUT2D eigenvalue weighted by Crippen LogP contribution is -2.54. The normalized spacial score (nSPS) is 27.0. The number of halogens is 3. The highest BCUT2D eigenvalue weighted by molar-refractivity contribution is 5.95. The zero-order valence-corrected chi connectivity index (χ0v) is 17.2. The van der Waals surface area contributed by atoms with Crippen LogP contribution in [0.15, 0.2) is 54.6 Å². The molecule has 2 aliphatic rings. The van der Waals surface area contributed by atoms with Crippen LogP contribution in [0.2, 0.25) is 0 Å². The predicted octanol–water partition coefficient (Wildman–Crippen LogP) is 5.00. The van der Waals surface area contributed by atoms with Crippen molar-refractivity contribution in [3.8, 4) is 0 Å². The van der Waals surface area contributed by atoms with Crippen LogP contribution in [0.25, 0.3) is 0 Å². The lowest BCUT2D eigenvalue weighted by molar-refractivity contribution is -0.137. The standard InChI is InChI=1S/C23H26F3N3O/c1-28(2)22(17-7-4-3-5-8-17)13-11-21(12-14-22)16-29(20(30)27-21)19-10-6-9-18(15-19)23(24,25)26/h3-10,15H,11-14,16H2,1-2H3,(H,27,30)/t21-,22+. The van der Waals surface area contributed by atoms with Crippen LogP contribution in [-0.2, 0) is 11.7 Å². The van der Waals surface area contributed by atoms with Crippen molar-refractivity contribution in [1.29, 1.82) is 0 Å². The predicted molar refractivity (Wildman–Crippen MR) is 110 cm³/mol. The fraction of sp³-hybridized carbons (Fsp3) is 0.435. The van der Waals surface area contributed by atoms with Crippen molar-refractivity contribution in [2.24, 2.45) is 0 Å². The van der Waals surface area contributed by atoms with E-state index in [1.54, 1.807) is 6.07 Å². The molecule has 30 heavy (non-hydrogen) atoms. The first-order valence-electron chi connectivity index (χ1n) is 10.2. The number of nitrogens with one attached hydrogen (secondary N) is 1. The van der Waals surface area contributed by atoms with Gasteiger partial charge in [0.1, 0.15) is 0 Å². The van der Waals surface area contributed by atoms with Gasteiger partial charge in [-0.15, -0.1) is 0 Å². The van der Waals surface area contributed by atoms with Crippen molar-refractivity contribution in [2.45, 2.75) is 42.9 Å². The SMILES string of the molecule is CN(C)[C@]1(c2ccccc2)CC[C@]2(CC1)CN(c1cccc(C(F)(F)F)c1)C(=O)N2. The van der Waals surface area contributed by atoms with Gasteiger partial charge < -0.3 is 5.32 Å². The van der Waals surface area contributed by atoms with Gasteiger partial charge in [0, 0.05) is 11.2 Å². The number of rotatable bonds is 3. The van der Waals surface area contributed by atoms with E-state index in [0.29, 0.717) is 6.54 Å². The molecule has 4 rings (SSSR count). The van der Waals surface area contributed by atoms with Gasteiger partial charge in [-0.3, -0.25) is 9.80 Å². The average molecular weight is 417 g/mol. The number of hydrogen-bond acceptors (Lipinski definition) is 2. The summed E-state index contributed by atoms with van der Waals surface area (Å²) in [5.74, 6) is 0. The second-order valence-corrected chi connectivity index (χ2v) is 8.64. The quantitative estimate of drug-likeness (QED) is 0.763. The minimum absolute atomic E-state index is 0.110. The molecule has 0 radical (unpaired) electrons. The van der Waals surface area contributed by atoms with Crippen LogP contribution < -0.4 is 10.2 Å². The summed E-state index contributed by atoms with van der Waals surface area (Å²) in [5.41, 5.74) is 0.268.